The van der Waals surface area contributed by atoms with E-state index in [-0.39, 0.29) is 11.7 Å². The maximum absolute atomic E-state index is 12.3. The Hall–Kier alpha value is -1.11. The number of aliphatic hydroxyl groups excluding tert-OH is 1. The SMILES string of the molecule is CC1CN(S(=O)(=O)Cc2cccc(N)c2)CCC1O. The number of benzene rings is 1. The number of nitrogens with zero attached hydrogens (tertiary/aromatic N) is 1. The quantitative estimate of drug-likeness (QED) is 0.804. The molecule has 1 saturated heterocycles. The van der Waals surface area contributed by atoms with Gasteiger partial charge in [-0.15, -0.1) is 0 Å². The van der Waals surface area contributed by atoms with Gasteiger partial charge in [0.1, 0.15) is 0 Å². The van der Waals surface area contributed by atoms with Gasteiger partial charge in [0.25, 0.3) is 0 Å². The molecular formula is C13H20N2O3S. The van der Waals surface area contributed by atoms with Crippen LogP contribution < -0.4 is 5.73 Å². The lowest BCUT2D eigenvalue weighted by Crippen LogP contribution is -2.45. The average Bonchev–Trinajstić information content (AvgIpc) is 2.32. The summed E-state index contributed by atoms with van der Waals surface area (Å²) in [6, 6.07) is 6.92. The molecule has 0 amide bonds. The molecular weight excluding hydrogens is 264 g/mol. The number of aliphatic hydroxyl groups is 1. The number of nitrogens with two attached hydrogens (primary N) is 1. The average molecular weight is 284 g/mol. The summed E-state index contributed by atoms with van der Waals surface area (Å²) in [5.74, 6) is -0.0646. The van der Waals surface area contributed by atoms with E-state index in [1.165, 1.54) is 4.31 Å². The van der Waals surface area contributed by atoms with Gasteiger partial charge in [0.15, 0.2) is 0 Å². The number of nitrogen functional groups attached to an aromatic ring is 1. The molecule has 1 aliphatic rings. The van der Waals surface area contributed by atoms with E-state index in [1.807, 2.05) is 6.92 Å². The van der Waals surface area contributed by atoms with Gasteiger partial charge < -0.3 is 10.8 Å². The first-order valence-corrected chi connectivity index (χ1v) is 8.00. The molecule has 0 aliphatic carbocycles. The van der Waals surface area contributed by atoms with Gasteiger partial charge >= 0.3 is 0 Å². The van der Waals surface area contributed by atoms with Gasteiger partial charge in [-0.3, -0.25) is 0 Å². The predicted molar refractivity (Wildman–Crippen MR) is 74.8 cm³/mol. The van der Waals surface area contributed by atoms with Gasteiger partial charge in [-0.1, -0.05) is 19.1 Å². The lowest BCUT2D eigenvalue weighted by Gasteiger charge is -2.33. The van der Waals surface area contributed by atoms with Gasteiger partial charge in [-0.2, -0.15) is 0 Å². The molecule has 0 radical (unpaired) electrons. The highest BCUT2D eigenvalue weighted by atomic mass is 32.2. The van der Waals surface area contributed by atoms with Crippen LogP contribution in [0.4, 0.5) is 5.69 Å². The van der Waals surface area contributed by atoms with E-state index in [9.17, 15) is 13.5 Å². The van der Waals surface area contributed by atoms with Crippen molar-refractivity contribution in [2.24, 2.45) is 5.92 Å². The van der Waals surface area contributed by atoms with Crippen molar-refractivity contribution in [3.63, 3.8) is 0 Å². The number of hydrogen-bond donors (Lipinski definition) is 2. The molecule has 0 bridgehead atoms. The molecule has 1 aromatic rings. The molecule has 2 unspecified atom stereocenters. The Kier molecular flexibility index (Phi) is 4.13. The Morgan fingerprint density at radius 1 is 1.47 bits per heavy atom. The molecule has 1 aliphatic heterocycles. The fourth-order valence-corrected chi connectivity index (χ4v) is 3.96. The first kappa shape index (κ1) is 14.3. The minimum atomic E-state index is -3.34. The van der Waals surface area contributed by atoms with Crippen LogP contribution in [0.15, 0.2) is 24.3 Å². The smallest absolute Gasteiger partial charge is 0.218 e. The lowest BCUT2D eigenvalue weighted by atomic mass is 9.99. The van der Waals surface area contributed by atoms with Crippen molar-refractivity contribution in [1.29, 1.82) is 0 Å². The first-order chi connectivity index (χ1) is 8.88. The summed E-state index contributed by atoms with van der Waals surface area (Å²) >= 11 is 0. The molecule has 106 valence electrons. The Labute approximate surface area is 114 Å². The Morgan fingerprint density at radius 3 is 2.84 bits per heavy atom. The molecule has 1 aromatic carbocycles. The van der Waals surface area contributed by atoms with Crippen LogP contribution in [0.5, 0.6) is 0 Å². The van der Waals surface area contributed by atoms with Crippen LogP contribution in [0, 0.1) is 5.92 Å². The summed E-state index contributed by atoms with van der Waals surface area (Å²) in [5, 5.41) is 9.65. The molecule has 5 nitrogen and oxygen atoms in total. The zero-order valence-corrected chi connectivity index (χ0v) is 11.8. The van der Waals surface area contributed by atoms with Crippen molar-refractivity contribution in [2.75, 3.05) is 18.8 Å². The fraction of sp³-hybridized carbons (Fsp3) is 0.538. The molecule has 3 N–H and O–H groups in total. The van der Waals surface area contributed by atoms with E-state index in [0.717, 1.165) is 0 Å². The monoisotopic (exact) mass is 284 g/mol. The lowest BCUT2D eigenvalue weighted by molar-refractivity contribution is 0.0628. The van der Waals surface area contributed by atoms with Crippen LogP contribution >= 0.6 is 0 Å². The van der Waals surface area contributed by atoms with Crippen molar-refractivity contribution in [3.05, 3.63) is 29.8 Å². The van der Waals surface area contributed by atoms with Crippen molar-refractivity contribution < 1.29 is 13.5 Å². The third-order valence-corrected chi connectivity index (χ3v) is 5.33. The largest absolute Gasteiger partial charge is 0.399 e. The Morgan fingerprint density at radius 2 is 2.21 bits per heavy atom. The molecule has 2 atom stereocenters. The van der Waals surface area contributed by atoms with Crippen LogP contribution in [-0.2, 0) is 15.8 Å². The number of rotatable bonds is 3. The molecule has 0 spiro atoms. The zero-order chi connectivity index (χ0) is 14.0. The molecule has 6 heteroatoms. The van der Waals surface area contributed by atoms with E-state index in [1.54, 1.807) is 24.3 Å². The number of piperidine rings is 1. The number of sulfonamides is 1. The highest BCUT2D eigenvalue weighted by Crippen LogP contribution is 2.21. The van der Waals surface area contributed by atoms with Gasteiger partial charge in [-0.05, 0) is 30.0 Å². The van der Waals surface area contributed by atoms with Gasteiger partial charge in [0.2, 0.25) is 10.0 Å². The number of anilines is 1. The summed E-state index contributed by atoms with van der Waals surface area (Å²) in [5.41, 5.74) is 6.91. The summed E-state index contributed by atoms with van der Waals surface area (Å²) in [6.45, 7) is 2.63. The highest BCUT2D eigenvalue weighted by Gasteiger charge is 2.31. The van der Waals surface area contributed by atoms with Crippen LogP contribution in [0.25, 0.3) is 0 Å². The summed E-state index contributed by atoms with van der Waals surface area (Å²) in [7, 11) is -3.34. The van der Waals surface area contributed by atoms with E-state index >= 15 is 0 Å². The molecule has 2 rings (SSSR count). The fourth-order valence-electron chi connectivity index (χ4n) is 2.33. The van der Waals surface area contributed by atoms with E-state index < -0.39 is 16.1 Å². The molecule has 19 heavy (non-hydrogen) atoms. The van der Waals surface area contributed by atoms with E-state index in [2.05, 4.69) is 0 Å². The second-order valence-corrected chi connectivity index (χ2v) is 7.16. The standard InChI is InChI=1S/C13H20N2O3S/c1-10-8-15(6-5-13(10)16)19(17,18)9-11-3-2-4-12(14)7-11/h2-4,7,10,13,16H,5-6,8-9,14H2,1H3. The molecule has 1 heterocycles. The maximum Gasteiger partial charge on any atom is 0.218 e. The maximum atomic E-state index is 12.3. The third-order valence-electron chi connectivity index (χ3n) is 3.52. The van der Waals surface area contributed by atoms with E-state index in [4.69, 9.17) is 5.73 Å². The minimum absolute atomic E-state index is 0.0237. The van der Waals surface area contributed by atoms with Crippen LogP contribution in [-0.4, -0.2) is 37.0 Å². The Bertz CT molecular complexity index is 545. The van der Waals surface area contributed by atoms with Crippen molar-refractivity contribution in [1.82, 2.24) is 4.31 Å². The summed E-state index contributed by atoms with van der Waals surface area (Å²) < 4.78 is 26.1. The van der Waals surface area contributed by atoms with Crippen LogP contribution in [0.2, 0.25) is 0 Å². The minimum Gasteiger partial charge on any atom is -0.399 e. The van der Waals surface area contributed by atoms with Crippen molar-refractivity contribution >= 4 is 15.7 Å². The van der Waals surface area contributed by atoms with Gasteiger partial charge in [0.05, 0.1) is 11.9 Å². The highest BCUT2D eigenvalue weighted by molar-refractivity contribution is 7.88. The van der Waals surface area contributed by atoms with Crippen LogP contribution in [0.1, 0.15) is 18.9 Å². The number of hydrogen-bond acceptors (Lipinski definition) is 4. The second-order valence-electron chi connectivity index (χ2n) is 5.19. The van der Waals surface area contributed by atoms with Crippen molar-refractivity contribution in [3.8, 4) is 0 Å². The topological polar surface area (TPSA) is 83.6 Å². The molecule has 0 aromatic heterocycles. The first-order valence-electron chi connectivity index (χ1n) is 6.39. The second kappa shape index (κ2) is 5.48. The molecule has 1 fully saturated rings. The third kappa shape index (κ3) is 3.46. The zero-order valence-electron chi connectivity index (χ0n) is 11.0. The Balaban J connectivity index is 2.10. The molecule has 0 saturated carbocycles. The van der Waals surface area contributed by atoms with Gasteiger partial charge in [-0.25, -0.2) is 12.7 Å². The summed E-state index contributed by atoms with van der Waals surface area (Å²) in [6.07, 6.45) is 0.0935. The summed E-state index contributed by atoms with van der Waals surface area (Å²) in [4.78, 5) is 0. The van der Waals surface area contributed by atoms with Crippen molar-refractivity contribution in [2.45, 2.75) is 25.2 Å². The predicted octanol–water partition coefficient (Wildman–Crippen LogP) is 0.801. The van der Waals surface area contributed by atoms with Crippen LogP contribution in [0.3, 0.4) is 0 Å². The normalized spacial score (nSPS) is 25.4. The van der Waals surface area contributed by atoms with Gasteiger partial charge in [0, 0.05) is 18.8 Å². The van der Waals surface area contributed by atoms with E-state index in [0.29, 0.717) is 30.8 Å².